The van der Waals surface area contributed by atoms with Crippen molar-refractivity contribution in [3.05, 3.63) is 11.8 Å². The normalized spacial score (nSPS) is 17.1. The first-order valence-corrected chi connectivity index (χ1v) is 5.88. The van der Waals surface area contributed by atoms with Crippen LogP contribution in [0.3, 0.4) is 0 Å². The zero-order valence-electron chi connectivity index (χ0n) is 10.2. The van der Waals surface area contributed by atoms with E-state index in [-0.39, 0.29) is 5.91 Å². The molecule has 94 valence electrons. The summed E-state index contributed by atoms with van der Waals surface area (Å²) in [6.07, 6.45) is 3.98. The Bertz CT molecular complexity index is 398. The molecule has 0 aliphatic heterocycles. The Morgan fingerprint density at radius 3 is 3.00 bits per heavy atom. The Morgan fingerprint density at radius 1 is 1.76 bits per heavy atom. The summed E-state index contributed by atoms with van der Waals surface area (Å²) in [5.74, 6) is 0.137. The fourth-order valence-electron chi connectivity index (χ4n) is 1.80. The molecular weight excluding hydrogens is 218 g/mol. The van der Waals surface area contributed by atoms with Crippen molar-refractivity contribution < 1.29 is 4.79 Å². The van der Waals surface area contributed by atoms with E-state index in [0.717, 1.165) is 0 Å². The lowest BCUT2D eigenvalue weighted by atomic mass is 10.2. The molecule has 1 saturated carbocycles. The van der Waals surface area contributed by atoms with Gasteiger partial charge in [-0.05, 0) is 26.8 Å². The number of nitrogens with two attached hydrogens (primary N) is 1. The molecule has 1 amide bonds. The van der Waals surface area contributed by atoms with Crippen LogP contribution < -0.4 is 11.1 Å². The number of rotatable bonds is 5. The van der Waals surface area contributed by atoms with Crippen LogP contribution in [0.1, 0.15) is 30.1 Å². The van der Waals surface area contributed by atoms with E-state index in [9.17, 15) is 4.79 Å². The third-order valence-electron chi connectivity index (χ3n) is 3.29. The van der Waals surface area contributed by atoms with E-state index in [2.05, 4.69) is 34.4 Å². The van der Waals surface area contributed by atoms with Crippen LogP contribution in [-0.2, 0) is 0 Å². The van der Waals surface area contributed by atoms with Gasteiger partial charge >= 0.3 is 0 Å². The fourth-order valence-corrected chi connectivity index (χ4v) is 1.80. The third kappa shape index (κ3) is 2.76. The maximum absolute atomic E-state index is 11.8. The molecule has 0 saturated heterocycles. The molecule has 2 rings (SSSR count). The van der Waals surface area contributed by atoms with Crippen molar-refractivity contribution in [2.75, 3.05) is 19.3 Å². The number of aromatic amines is 1. The Balaban J connectivity index is 1.81. The Kier molecular flexibility index (Phi) is 3.33. The van der Waals surface area contributed by atoms with Gasteiger partial charge in [0.15, 0.2) is 0 Å². The van der Waals surface area contributed by atoms with E-state index in [1.54, 1.807) is 0 Å². The predicted octanol–water partition coefficient (Wildman–Crippen LogP) is 0.204. The number of nitrogen functional groups attached to an aromatic ring is 1. The van der Waals surface area contributed by atoms with Crippen LogP contribution in [0.5, 0.6) is 0 Å². The highest BCUT2D eigenvalue weighted by atomic mass is 16.1. The highest BCUT2D eigenvalue weighted by Crippen LogP contribution is 2.26. The second-order valence-corrected chi connectivity index (χ2v) is 4.65. The van der Waals surface area contributed by atoms with Gasteiger partial charge in [-0.25, -0.2) is 0 Å². The molecule has 1 aromatic rings. The van der Waals surface area contributed by atoms with E-state index in [1.165, 1.54) is 19.0 Å². The second kappa shape index (κ2) is 4.75. The van der Waals surface area contributed by atoms with Gasteiger partial charge in [0, 0.05) is 18.6 Å². The lowest BCUT2D eigenvalue weighted by Gasteiger charge is -2.24. The molecule has 0 bridgehead atoms. The van der Waals surface area contributed by atoms with Crippen molar-refractivity contribution in [3.8, 4) is 0 Å². The molecule has 1 fully saturated rings. The molecule has 6 nitrogen and oxygen atoms in total. The van der Waals surface area contributed by atoms with E-state index in [0.29, 0.717) is 30.0 Å². The Labute approximate surface area is 101 Å². The minimum Gasteiger partial charge on any atom is -0.383 e. The van der Waals surface area contributed by atoms with E-state index >= 15 is 0 Å². The molecule has 1 aromatic heterocycles. The number of hydrogen-bond donors (Lipinski definition) is 3. The summed E-state index contributed by atoms with van der Waals surface area (Å²) >= 11 is 0. The number of nitrogens with zero attached hydrogens (tertiary/aromatic N) is 2. The lowest BCUT2D eigenvalue weighted by Crippen LogP contribution is -2.41. The lowest BCUT2D eigenvalue weighted by molar-refractivity contribution is 0.0940. The molecule has 1 unspecified atom stereocenters. The summed E-state index contributed by atoms with van der Waals surface area (Å²) < 4.78 is 0. The van der Waals surface area contributed by atoms with Gasteiger partial charge in [0.25, 0.3) is 5.91 Å². The summed E-state index contributed by atoms with van der Waals surface area (Å²) in [6.45, 7) is 2.73. The van der Waals surface area contributed by atoms with Crippen molar-refractivity contribution in [1.29, 1.82) is 0 Å². The van der Waals surface area contributed by atoms with Gasteiger partial charge < -0.3 is 11.1 Å². The molecule has 4 N–H and O–H groups in total. The van der Waals surface area contributed by atoms with Crippen molar-refractivity contribution in [1.82, 2.24) is 20.4 Å². The molecule has 0 spiro atoms. The van der Waals surface area contributed by atoms with E-state index < -0.39 is 0 Å². The minimum atomic E-state index is -0.174. The van der Waals surface area contributed by atoms with Crippen molar-refractivity contribution in [3.63, 3.8) is 0 Å². The standard InChI is InChI=1S/C11H19N5O/c1-7(16(2)8-3-4-8)5-13-11(17)9-6-14-15-10(9)12/h6-8H,3-5H2,1-2H3,(H,13,17)(H3,12,14,15). The quantitative estimate of drug-likeness (QED) is 0.683. The fraction of sp³-hybridized carbons (Fsp3) is 0.636. The average Bonchev–Trinajstić information content (AvgIpc) is 3.07. The molecule has 6 heteroatoms. The maximum Gasteiger partial charge on any atom is 0.256 e. The largest absolute Gasteiger partial charge is 0.383 e. The molecule has 1 atom stereocenters. The Hall–Kier alpha value is -1.56. The zero-order chi connectivity index (χ0) is 12.4. The molecule has 1 aliphatic rings. The van der Waals surface area contributed by atoms with Gasteiger partial charge in [0.2, 0.25) is 0 Å². The van der Waals surface area contributed by atoms with Gasteiger partial charge in [-0.1, -0.05) is 0 Å². The van der Waals surface area contributed by atoms with Gasteiger partial charge in [-0.15, -0.1) is 0 Å². The summed E-state index contributed by atoms with van der Waals surface area (Å²) in [4.78, 5) is 14.1. The monoisotopic (exact) mass is 237 g/mol. The first kappa shape index (κ1) is 11.9. The number of carbonyl (C=O) groups is 1. The first-order chi connectivity index (χ1) is 8.09. The summed E-state index contributed by atoms with van der Waals surface area (Å²) in [7, 11) is 2.10. The number of carbonyl (C=O) groups excluding carboxylic acids is 1. The van der Waals surface area contributed by atoms with Crippen molar-refractivity contribution in [2.45, 2.75) is 31.8 Å². The molecule has 0 aromatic carbocycles. The molecule has 1 aliphatic carbocycles. The summed E-state index contributed by atoms with van der Waals surface area (Å²) in [6, 6.07) is 1.03. The topological polar surface area (TPSA) is 87.0 Å². The van der Waals surface area contributed by atoms with Crippen LogP contribution in [0.4, 0.5) is 5.82 Å². The first-order valence-electron chi connectivity index (χ1n) is 5.88. The minimum absolute atomic E-state index is 0.174. The van der Waals surface area contributed by atoms with Gasteiger partial charge in [-0.2, -0.15) is 5.10 Å². The molecule has 1 heterocycles. The van der Waals surface area contributed by atoms with Crippen molar-refractivity contribution >= 4 is 11.7 Å². The van der Waals surface area contributed by atoms with Crippen LogP contribution in [0, 0.1) is 0 Å². The van der Waals surface area contributed by atoms with Gasteiger partial charge in [0.1, 0.15) is 11.4 Å². The van der Waals surface area contributed by atoms with Crippen molar-refractivity contribution in [2.24, 2.45) is 0 Å². The maximum atomic E-state index is 11.8. The number of aromatic nitrogens is 2. The van der Waals surface area contributed by atoms with E-state index in [4.69, 9.17) is 5.73 Å². The Morgan fingerprint density at radius 2 is 2.47 bits per heavy atom. The van der Waals surface area contributed by atoms with Crippen LogP contribution in [-0.4, -0.2) is 46.7 Å². The SMILES string of the molecule is CC(CNC(=O)c1cn[nH]c1N)N(C)C1CC1. The predicted molar refractivity (Wildman–Crippen MR) is 65.6 cm³/mol. The summed E-state index contributed by atoms with van der Waals surface area (Å²) in [5.41, 5.74) is 5.99. The number of H-pyrrole nitrogens is 1. The summed E-state index contributed by atoms with van der Waals surface area (Å²) in [5, 5.41) is 9.14. The number of hydrogen-bond acceptors (Lipinski definition) is 4. The number of amides is 1. The third-order valence-corrected chi connectivity index (χ3v) is 3.29. The zero-order valence-corrected chi connectivity index (χ0v) is 10.2. The molecular formula is C11H19N5O. The van der Waals surface area contributed by atoms with Gasteiger partial charge in [-0.3, -0.25) is 14.8 Å². The van der Waals surface area contributed by atoms with E-state index in [1.807, 2.05) is 0 Å². The van der Waals surface area contributed by atoms with Crippen LogP contribution >= 0.6 is 0 Å². The molecule has 17 heavy (non-hydrogen) atoms. The van der Waals surface area contributed by atoms with Crippen LogP contribution in [0.15, 0.2) is 6.20 Å². The smallest absolute Gasteiger partial charge is 0.256 e. The molecule has 0 radical (unpaired) electrons. The average molecular weight is 237 g/mol. The van der Waals surface area contributed by atoms with Crippen LogP contribution in [0.25, 0.3) is 0 Å². The highest BCUT2D eigenvalue weighted by molar-refractivity contribution is 5.98. The van der Waals surface area contributed by atoms with Crippen LogP contribution in [0.2, 0.25) is 0 Å². The number of anilines is 1. The number of likely N-dealkylation sites (N-methyl/N-ethyl adjacent to an activating group) is 1. The second-order valence-electron chi connectivity index (χ2n) is 4.65. The van der Waals surface area contributed by atoms with Gasteiger partial charge in [0.05, 0.1) is 6.20 Å². The number of nitrogens with one attached hydrogen (secondary N) is 2. The highest BCUT2D eigenvalue weighted by Gasteiger charge is 2.29.